The van der Waals surface area contributed by atoms with Crippen molar-refractivity contribution in [2.75, 3.05) is 7.11 Å². The van der Waals surface area contributed by atoms with Crippen LogP contribution in [0.25, 0.3) is 0 Å². The molecule has 0 aliphatic carbocycles. The zero-order valence-corrected chi connectivity index (χ0v) is 19.6. The fourth-order valence-corrected chi connectivity index (χ4v) is 4.65. The van der Waals surface area contributed by atoms with Gasteiger partial charge < -0.3 is 10.1 Å². The lowest BCUT2D eigenvalue weighted by molar-refractivity contribution is 0.167. The molecule has 1 N–H and O–H groups in total. The van der Waals surface area contributed by atoms with Gasteiger partial charge in [-0.15, -0.1) is 0 Å². The van der Waals surface area contributed by atoms with Crippen molar-refractivity contribution < 1.29 is 9.53 Å². The Kier molecular flexibility index (Phi) is 5.96. The van der Waals surface area contributed by atoms with Gasteiger partial charge in [0, 0.05) is 17.1 Å². The number of methoxy groups -OCH3 is 1. The fourth-order valence-electron chi connectivity index (χ4n) is 4.39. The van der Waals surface area contributed by atoms with E-state index in [1.165, 1.54) is 5.56 Å². The van der Waals surface area contributed by atoms with Gasteiger partial charge in [0.05, 0.1) is 24.9 Å². The number of carbonyl (C=O) groups excluding carboxylic acids is 1. The molecule has 3 aromatic rings. The summed E-state index contributed by atoms with van der Waals surface area (Å²) >= 11 is 3.51. The highest BCUT2D eigenvalue weighted by Gasteiger charge is 2.39. The highest BCUT2D eigenvalue weighted by molar-refractivity contribution is 9.10. The van der Waals surface area contributed by atoms with Crippen LogP contribution >= 0.6 is 15.9 Å². The SMILES string of the molecule is COc1cccc(C2NC(=O)N=CC2N2N=C(c3ccc(Br)cc3)CC2c2ccccc2)c1. The van der Waals surface area contributed by atoms with Crippen LogP contribution in [0.4, 0.5) is 4.79 Å². The molecule has 6 nitrogen and oxygen atoms in total. The topological polar surface area (TPSA) is 66.3 Å². The molecular formula is C26H23BrN4O2. The second-order valence-corrected chi connectivity index (χ2v) is 8.95. The smallest absolute Gasteiger partial charge is 0.341 e. The van der Waals surface area contributed by atoms with Crippen LogP contribution in [0.3, 0.4) is 0 Å². The fraction of sp³-hybridized carbons (Fsp3) is 0.192. The van der Waals surface area contributed by atoms with Crippen LogP contribution in [-0.2, 0) is 0 Å². The van der Waals surface area contributed by atoms with Crippen molar-refractivity contribution in [3.63, 3.8) is 0 Å². The van der Waals surface area contributed by atoms with E-state index in [4.69, 9.17) is 9.84 Å². The monoisotopic (exact) mass is 502 g/mol. The first-order valence-corrected chi connectivity index (χ1v) is 11.6. The molecule has 2 aliphatic heterocycles. The quantitative estimate of drug-likeness (QED) is 0.499. The molecule has 2 aliphatic rings. The number of urea groups is 1. The number of nitrogens with one attached hydrogen (secondary N) is 1. The summed E-state index contributed by atoms with van der Waals surface area (Å²) in [5, 5.41) is 10.2. The Morgan fingerprint density at radius 1 is 1.00 bits per heavy atom. The summed E-state index contributed by atoms with van der Waals surface area (Å²) in [6.07, 6.45) is 2.47. The van der Waals surface area contributed by atoms with Crippen molar-refractivity contribution >= 4 is 33.9 Å². The zero-order chi connectivity index (χ0) is 22.8. The van der Waals surface area contributed by atoms with Gasteiger partial charge in [-0.25, -0.2) is 9.79 Å². The van der Waals surface area contributed by atoms with Gasteiger partial charge in [-0.3, -0.25) is 5.01 Å². The molecule has 0 saturated carbocycles. The number of hydrogen-bond donors (Lipinski definition) is 1. The predicted octanol–water partition coefficient (Wildman–Crippen LogP) is 5.51. The van der Waals surface area contributed by atoms with Gasteiger partial charge in [-0.1, -0.05) is 70.5 Å². The third-order valence-corrected chi connectivity index (χ3v) is 6.56. The van der Waals surface area contributed by atoms with E-state index in [2.05, 4.69) is 55.5 Å². The normalized spacial score (nSPS) is 22.1. The molecule has 3 unspecified atom stereocenters. The van der Waals surface area contributed by atoms with Crippen LogP contribution in [0.1, 0.15) is 35.2 Å². The number of hydrazone groups is 1. The lowest BCUT2D eigenvalue weighted by Gasteiger charge is -2.37. The first-order chi connectivity index (χ1) is 16.1. The second kappa shape index (κ2) is 9.19. The van der Waals surface area contributed by atoms with Gasteiger partial charge in [-0.2, -0.15) is 5.10 Å². The Morgan fingerprint density at radius 2 is 1.76 bits per heavy atom. The van der Waals surface area contributed by atoms with Gasteiger partial charge in [-0.05, 0) is 41.0 Å². The lowest BCUT2D eigenvalue weighted by Crippen LogP contribution is -2.48. The number of aliphatic imine (C=N–C) groups is 1. The number of nitrogens with zero attached hydrogens (tertiary/aromatic N) is 3. The summed E-state index contributed by atoms with van der Waals surface area (Å²) < 4.78 is 6.45. The van der Waals surface area contributed by atoms with E-state index >= 15 is 0 Å². The van der Waals surface area contributed by atoms with Crippen LogP contribution in [0.2, 0.25) is 0 Å². The van der Waals surface area contributed by atoms with Crippen LogP contribution < -0.4 is 10.1 Å². The minimum atomic E-state index is -0.355. The number of hydrogen-bond acceptors (Lipinski definition) is 4. The Labute approximate surface area is 201 Å². The van der Waals surface area contributed by atoms with Crippen molar-refractivity contribution in [1.82, 2.24) is 10.3 Å². The average Bonchev–Trinajstić information content (AvgIpc) is 3.30. The molecule has 0 fully saturated rings. The number of halogens is 1. The first-order valence-electron chi connectivity index (χ1n) is 10.8. The van der Waals surface area contributed by atoms with E-state index in [9.17, 15) is 4.79 Å². The van der Waals surface area contributed by atoms with E-state index in [0.717, 1.165) is 33.5 Å². The molecule has 0 radical (unpaired) electrons. The highest BCUT2D eigenvalue weighted by atomic mass is 79.9. The minimum Gasteiger partial charge on any atom is -0.497 e. The molecule has 33 heavy (non-hydrogen) atoms. The number of rotatable bonds is 5. The summed E-state index contributed by atoms with van der Waals surface area (Å²) in [4.78, 5) is 16.3. The third-order valence-electron chi connectivity index (χ3n) is 6.03. The Morgan fingerprint density at radius 3 is 2.52 bits per heavy atom. The molecule has 2 heterocycles. The molecule has 3 atom stereocenters. The van der Waals surface area contributed by atoms with Crippen LogP contribution in [0.15, 0.2) is 93.4 Å². The maximum Gasteiger partial charge on any atom is 0.341 e. The number of benzene rings is 3. The van der Waals surface area contributed by atoms with Crippen molar-refractivity contribution in [3.05, 3.63) is 100 Å². The van der Waals surface area contributed by atoms with E-state index in [1.807, 2.05) is 54.6 Å². The van der Waals surface area contributed by atoms with Crippen molar-refractivity contribution in [2.45, 2.75) is 24.5 Å². The van der Waals surface area contributed by atoms with Gasteiger partial charge in [0.1, 0.15) is 11.8 Å². The summed E-state index contributed by atoms with van der Waals surface area (Å²) in [6.45, 7) is 0. The summed E-state index contributed by atoms with van der Waals surface area (Å²) in [6, 6.07) is 25.4. The summed E-state index contributed by atoms with van der Waals surface area (Å²) in [5.41, 5.74) is 4.20. The summed E-state index contributed by atoms with van der Waals surface area (Å²) in [5.74, 6) is 0.739. The van der Waals surface area contributed by atoms with Gasteiger partial charge in [0.15, 0.2) is 0 Å². The molecule has 0 bridgehead atoms. The Hall–Kier alpha value is -3.45. The standard InChI is InChI=1S/C26H23BrN4O2/c1-33-21-9-5-8-19(14-21)25-24(16-28-26(32)29-25)31-23(18-6-3-2-4-7-18)15-22(30-31)17-10-12-20(27)13-11-17/h2-14,16,23-25H,15H2,1H3,(H,29,32). The zero-order valence-electron chi connectivity index (χ0n) is 18.1. The highest BCUT2D eigenvalue weighted by Crippen LogP contribution is 2.38. The van der Waals surface area contributed by atoms with Crippen LogP contribution in [0, 0.1) is 0 Å². The maximum atomic E-state index is 12.2. The van der Waals surface area contributed by atoms with E-state index < -0.39 is 0 Å². The summed E-state index contributed by atoms with van der Waals surface area (Å²) in [7, 11) is 1.64. The molecule has 0 saturated heterocycles. The van der Waals surface area contributed by atoms with Crippen molar-refractivity contribution in [2.24, 2.45) is 10.1 Å². The van der Waals surface area contributed by atoms with Crippen molar-refractivity contribution in [3.8, 4) is 5.75 Å². The van der Waals surface area contributed by atoms with E-state index in [0.29, 0.717) is 0 Å². The average molecular weight is 503 g/mol. The minimum absolute atomic E-state index is 0.0180. The molecule has 7 heteroatoms. The molecule has 5 rings (SSSR count). The van der Waals surface area contributed by atoms with Gasteiger partial charge in [0.2, 0.25) is 0 Å². The molecule has 0 spiro atoms. The molecule has 3 aromatic carbocycles. The molecule has 166 valence electrons. The van der Waals surface area contributed by atoms with Crippen LogP contribution in [0.5, 0.6) is 5.75 Å². The van der Waals surface area contributed by atoms with Gasteiger partial charge >= 0.3 is 6.03 Å². The number of carbonyl (C=O) groups is 1. The Balaban J connectivity index is 1.57. The number of ether oxygens (including phenoxy) is 1. The van der Waals surface area contributed by atoms with Crippen molar-refractivity contribution in [1.29, 1.82) is 0 Å². The molecule has 2 amide bonds. The van der Waals surface area contributed by atoms with E-state index in [1.54, 1.807) is 13.3 Å². The third kappa shape index (κ3) is 4.41. The van der Waals surface area contributed by atoms with E-state index in [-0.39, 0.29) is 24.2 Å². The first kappa shape index (κ1) is 21.4. The second-order valence-electron chi connectivity index (χ2n) is 8.04. The largest absolute Gasteiger partial charge is 0.497 e. The van der Waals surface area contributed by atoms with Gasteiger partial charge in [0.25, 0.3) is 0 Å². The molecule has 0 aromatic heterocycles. The number of amides is 2. The maximum absolute atomic E-state index is 12.2. The predicted molar refractivity (Wildman–Crippen MR) is 133 cm³/mol. The lowest BCUT2D eigenvalue weighted by atomic mass is 9.94. The molecular weight excluding hydrogens is 480 g/mol. The van der Waals surface area contributed by atoms with Crippen LogP contribution in [-0.4, -0.2) is 36.1 Å². The Bertz CT molecular complexity index is 1210.